The van der Waals surface area contributed by atoms with Crippen molar-refractivity contribution in [3.05, 3.63) is 74.8 Å². The summed E-state index contributed by atoms with van der Waals surface area (Å²) in [6.07, 6.45) is 0. The summed E-state index contributed by atoms with van der Waals surface area (Å²) in [6.45, 7) is 3.35. The van der Waals surface area contributed by atoms with E-state index in [9.17, 15) is 14.9 Å². The van der Waals surface area contributed by atoms with Gasteiger partial charge in [0.05, 0.1) is 30.5 Å². The number of aromatic nitrogens is 3. The third kappa shape index (κ3) is 4.33. The topological polar surface area (TPSA) is 121 Å². The normalized spacial score (nSPS) is 10.7. The molecule has 2 aromatic carbocycles. The molecule has 4 aromatic rings. The first-order chi connectivity index (χ1) is 16.3. The van der Waals surface area contributed by atoms with Gasteiger partial charge >= 0.3 is 0 Å². The zero-order valence-corrected chi connectivity index (χ0v) is 19.7. The second-order valence-corrected chi connectivity index (χ2v) is 8.17. The summed E-state index contributed by atoms with van der Waals surface area (Å²) >= 11 is 1.36. The third-order valence-electron chi connectivity index (χ3n) is 5.17. The number of nitro groups is 1. The molecule has 1 amide bonds. The van der Waals surface area contributed by atoms with Crippen molar-refractivity contribution >= 4 is 28.7 Å². The van der Waals surface area contributed by atoms with E-state index in [-0.39, 0.29) is 16.8 Å². The van der Waals surface area contributed by atoms with E-state index < -0.39 is 10.8 Å². The number of hydrogen-bond acceptors (Lipinski definition) is 8. The molecule has 0 fully saturated rings. The number of nitrogens with zero attached hydrogens (tertiary/aromatic N) is 4. The fourth-order valence-corrected chi connectivity index (χ4v) is 4.27. The molecule has 0 atom stereocenters. The highest BCUT2D eigenvalue weighted by atomic mass is 32.1. The average molecular weight is 480 g/mol. The van der Waals surface area contributed by atoms with Gasteiger partial charge in [0, 0.05) is 34.2 Å². The van der Waals surface area contributed by atoms with Crippen LogP contribution in [0.15, 0.2) is 47.8 Å². The van der Waals surface area contributed by atoms with Gasteiger partial charge in [-0.2, -0.15) is 9.78 Å². The molecular weight excluding hydrogens is 458 g/mol. The highest BCUT2D eigenvalue weighted by Gasteiger charge is 2.20. The van der Waals surface area contributed by atoms with Crippen LogP contribution in [0.1, 0.15) is 21.6 Å². The number of aryl methyl sites for hydroxylation is 1. The molecule has 0 saturated heterocycles. The van der Waals surface area contributed by atoms with Gasteiger partial charge in [-0.25, -0.2) is 4.98 Å². The zero-order chi connectivity index (χ0) is 24.4. The lowest BCUT2D eigenvalue weighted by molar-refractivity contribution is -0.385. The van der Waals surface area contributed by atoms with Crippen LogP contribution in [0.3, 0.4) is 0 Å². The maximum Gasteiger partial charge on any atom is 0.273 e. The summed E-state index contributed by atoms with van der Waals surface area (Å²) in [7, 11) is 3.14. The Balaban J connectivity index is 1.65. The molecule has 0 bridgehead atoms. The lowest BCUT2D eigenvalue weighted by Crippen LogP contribution is -2.16. The molecule has 0 radical (unpaired) electrons. The van der Waals surface area contributed by atoms with E-state index in [4.69, 9.17) is 9.47 Å². The van der Waals surface area contributed by atoms with Crippen molar-refractivity contribution in [3.8, 4) is 27.9 Å². The third-order valence-corrected chi connectivity index (χ3v) is 5.99. The molecule has 0 saturated carbocycles. The highest BCUT2D eigenvalue weighted by molar-refractivity contribution is 7.12. The van der Waals surface area contributed by atoms with Crippen molar-refractivity contribution < 1.29 is 19.2 Å². The quantitative estimate of drug-likeness (QED) is 0.299. The Bertz CT molecular complexity index is 1390. The maximum absolute atomic E-state index is 12.9. The largest absolute Gasteiger partial charge is 0.493 e. The number of nitrogens with one attached hydrogen (secondary N) is 1. The Labute approximate surface area is 198 Å². The minimum atomic E-state index is -0.508. The zero-order valence-electron chi connectivity index (χ0n) is 18.9. The first-order valence-electron chi connectivity index (χ1n) is 10.1. The first-order valence-corrected chi connectivity index (χ1v) is 11.0. The molecule has 0 aliphatic carbocycles. The molecule has 11 heteroatoms. The Hall–Kier alpha value is -4.25. The summed E-state index contributed by atoms with van der Waals surface area (Å²) in [5, 5.41) is 20.9. The van der Waals surface area contributed by atoms with Gasteiger partial charge in [-0.05, 0) is 38.1 Å². The summed E-state index contributed by atoms with van der Waals surface area (Å²) in [5.74, 6) is 1.14. The van der Waals surface area contributed by atoms with Crippen LogP contribution in [-0.4, -0.2) is 39.8 Å². The lowest BCUT2D eigenvalue weighted by atomic mass is 10.1. The predicted molar refractivity (Wildman–Crippen MR) is 128 cm³/mol. The Morgan fingerprint density at radius 3 is 2.59 bits per heavy atom. The number of rotatable bonds is 7. The predicted octanol–water partition coefficient (Wildman–Crippen LogP) is 4.79. The van der Waals surface area contributed by atoms with Gasteiger partial charge in [-0.3, -0.25) is 14.9 Å². The Kier molecular flexibility index (Phi) is 6.28. The number of thiazole rings is 1. The van der Waals surface area contributed by atoms with Gasteiger partial charge in [0.25, 0.3) is 11.6 Å². The van der Waals surface area contributed by atoms with E-state index >= 15 is 0 Å². The molecule has 10 nitrogen and oxygen atoms in total. The lowest BCUT2D eigenvalue weighted by Gasteiger charge is -2.09. The van der Waals surface area contributed by atoms with Crippen LogP contribution in [0.5, 0.6) is 11.5 Å². The number of amides is 1. The number of anilines is 1. The van der Waals surface area contributed by atoms with Crippen molar-refractivity contribution in [1.82, 2.24) is 14.8 Å². The van der Waals surface area contributed by atoms with Crippen LogP contribution in [0.2, 0.25) is 0 Å². The summed E-state index contributed by atoms with van der Waals surface area (Å²) < 4.78 is 12.2. The molecule has 0 spiro atoms. The van der Waals surface area contributed by atoms with E-state index in [2.05, 4.69) is 15.4 Å². The minimum absolute atomic E-state index is 0.114. The number of methoxy groups -OCH3 is 2. The van der Waals surface area contributed by atoms with Crippen molar-refractivity contribution in [2.45, 2.75) is 13.8 Å². The standard InChI is InChI=1S/C23H21N5O5S/c1-13-10-21(25-22(29)16-6-5-7-18(14(16)2)28(30)31)27(26-13)23-24-17(12-34-23)15-8-9-19(32-3)20(11-15)33-4/h5-12H,1-4H3,(H,25,29). The molecule has 4 rings (SSSR count). The highest BCUT2D eigenvalue weighted by Crippen LogP contribution is 2.34. The number of benzene rings is 2. The molecule has 0 aliphatic rings. The van der Waals surface area contributed by atoms with Crippen molar-refractivity contribution in [1.29, 1.82) is 0 Å². The van der Waals surface area contributed by atoms with E-state index in [0.717, 1.165) is 5.56 Å². The molecule has 2 aromatic heterocycles. The summed E-state index contributed by atoms with van der Waals surface area (Å²) in [6, 6.07) is 11.6. The van der Waals surface area contributed by atoms with Crippen LogP contribution in [0.4, 0.5) is 11.5 Å². The van der Waals surface area contributed by atoms with Gasteiger partial charge < -0.3 is 14.8 Å². The Morgan fingerprint density at radius 1 is 1.12 bits per heavy atom. The number of carbonyl (C=O) groups excluding carboxylic acids is 1. The molecule has 0 unspecified atom stereocenters. The van der Waals surface area contributed by atoms with E-state index in [1.165, 1.54) is 28.2 Å². The van der Waals surface area contributed by atoms with Crippen LogP contribution >= 0.6 is 11.3 Å². The fraction of sp³-hybridized carbons (Fsp3) is 0.174. The molecule has 174 valence electrons. The monoisotopic (exact) mass is 479 g/mol. The number of hydrogen-bond donors (Lipinski definition) is 1. The summed E-state index contributed by atoms with van der Waals surface area (Å²) in [4.78, 5) is 28.3. The van der Waals surface area contributed by atoms with Gasteiger partial charge in [0.1, 0.15) is 5.82 Å². The van der Waals surface area contributed by atoms with E-state index in [0.29, 0.717) is 33.8 Å². The second-order valence-electron chi connectivity index (χ2n) is 7.33. The van der Waals surface area contributed by atoms with Crippen molar-refractivity contribution in [2.75, 3.05) is 19.5 Å². The minimum Gasteiger partial charge on any atom is -0.493 e. The van der Waals surface area contributed by atoms with Crippen LogP contribution in [0, 0.1) is 24.0 Å². The molecule has 1 N–H and O–H groups in total. The fourth-order valence-electron chi connectivity index (χ4n) is 3.47. The first kappa shape index (κ1) is 22.9. The van der Waals surface area contributed by atoms with Crippen LogP contribution < -0.4 is 14.8 Å². The van der Waals surface area contributed by atoms with Gasteiger partial charge in [0.2, 0.25) is 5.13 Å². The van der Waals surface area contributed by atoms with Crippen LogP contribution in [0.25, 0.3) is 16.4 Å². The van der Waals surface area contributed by atoms with E-state index in [1.54, 1.807) is 46.3 Å². The number of ether oxygens (including phenoxy) is 2. The summed E-state index contributed by atoms with van der Waals surface area (Å²) in [5.41, 5.74) is 2.61. The van der Waals surface area contributed by atoms with Crippen molar-refractivity contribution in [3.63, 3.8) is 0 Å². The second kappa shape index (κ2) is 9.32. The molecule has 2 heterocycles. The van der Waals surface area contributed by atoms with E-state index in [1.807, 2.05) is 17.5 Å². The number of nitro benzene ring substituents is 1. The van der Waals surface area contributed by atoms with Crippen LogP contribution in [-0.2, 0) is 0 Å². The Morgan fingerprint density at radius 2 is 1.88 bits per heavy atom. The average Bonchev–Trinajstić information content (AvgIpc) is 3.45. The molecule has 0 aliphatic heterocycles. The van der Waals surface area contributed by atoms with Gasteiger partial charge in [0.15, 0.2) is 11.5 Å². The molecular formula is C23H21N5O5S. The smallest absolute Gasteiger partial charge is 0.273 e. The van der Waals surface area contributed by atoms with Gasteiger partial charge in [-0.1, -0.05) is 6.07 Å². The SMILES string of the molecule is COc1ccc(-c2csc(-n3nc(C)cc3NC(=O)c3cccc([N+](=O)[O-])c3C)n2)cc1OC. The van der Waals surface area contributed by atoms with Crippen molar-refractivity contribution in [2.24, 2.45) is 0 Å². The van der Waals surface area contributed by atoms with Gasteiger partial charge in [-0.15, -0.1) is 11.3 Å². The molecule has 34 heavy (non-hydrogen) atoms. The number of carbonyl (C=O) groups is 1. The maximum atomic E-state index is 12.9.